The second-order valence-electron chi connectivity index (χ2n) is 8.60. The van der Waals surface area contributed by atoms with E-state index in [9.17, 15) is 36.5 Å². The lowest BCUT2D eigenvalue weighted by Crippen LogP contribution is -2.30. The molecule has 0 saturated carbocycles. The lowest BCUT2D eigenvalue weighted by molar-refractivity contribution is -0.384. The number of amides is 1. The SMILES string of the molecule is COc1ccc(CN(Cc2ccco2)C(=O)c2cccc([N+](=O)[O-])c2)cc1OS(=O)(=O)c1cccc(C(F)(F)F)c1. The van der Waals surface area contributed by atoms with E-state index >= 15 is 0 Å². The lowest BCUT2D eigenvalue weighted by atomic mass is 10.1. The number of nitro benzene ring substituents is 1. The summed E-state index contributed by atoms with van der Waals surface area (Å²) in [4.78, 5) is 24.6. The molecule has 0 spiro atoms. The topological polar surface area (TPSA) is 129 Å². The van der Waals surface area contributed by atoms with E-state index in [0.29, 0.717) is 17.4 Å². The number of furan rings is 1. The number of methoxy groups -OCH3 is 1. The minimum Gasteiger partial charge on any atom is -0.493 e. The molecule has 1 amide bonds. The standard InChI is InChI=1S/C27H21F3N2O8S/c1-38-24-11-10-18(13-25(24)40-41(36,37)23-9-3-6-20(15-23)27(28,29)30)16-31(17-22-8-4-12-39-22)26(33)19-5-2-7-21(14-19)32(34)35/h2-15H,16-17H2,1H3. The van der Waals surface area contributed by atoms with Gasteiger partial charge in [0.1, 0.15) is 10.7 Å². The van der Waals surface area contributed by atoms with Crippen molar-refractivity contribution in [2.24, 2.45) is 0 Å². The van der Waals surface area contributed by atoms with Crippen LogP contribution in [0.4, 0.5) is 18.9 Å². The molecule has 14 heteroatoms. The number of hydrogen-bond acceptors (Lipinski definition) is 8. The van der Waals surface area contributed by atoms with Crippen LogP contribution in [0.1, 0.15) is 27.2 Å². The van der Waals surface area contributed by atoms with Crippen LogP contribution < -0.4 is 8.92 Å². The second-order valence-corrected chi connectivity index (χ2v) is 10.1. The van der Waals surface area contributed by atoms with Gasteiger partial charge in [0, 0.05) is 24.2 Å². The van der Waals surface area contributed by atoms with E-state index in [-0.39, 0.29) is 35.8 Å². The van der Waals surface area contributed by atoms with Crippen LogP contribution in [-0.4, -0.2) is 31.3 Å². The summed E-state index contributed by atoms with van der Waals surface area (Å²) in [5.41, 5.74) is -1.07. The maximum Gasteiger partial charge on any atom is 0.416 e. The van der Waals surface area contributed by atoms with Gasteiger partial charge >= 0.3 is 16.3 Å². The van der Waals surface area contributed by atoms with Crippen LogP contribution in [0.2, 0.25) is 0 Å². The average molecular weight is 591 g/mol. The van der Waals surface area contributed by atoms with Crippen LogP contribution in [0, 0.1) is 10.1 Å². The van der Waals surface area contributed by atoms with Crippen molar-refractivity contribution in [3.8, 4) is 11.5 Å². The molecule has 1 heterocycles. The zero-order valence-electron chi connectivity index (χ0n) is 21.2. The normalized spacial score (nSPS) is 11.6. The third-order valence-corrected chi connectivity index (χ3v) is 7.00. The molecule has 4 rings (SSSR count). The Labute approximate surface area is 231 Å². The summed E-state index contributed by atoms with van der Waals surface area (Å²) in [5.74, 6) is -0.545. The smallest absolute Gasteiger partial charge is 0.416 e. The minimum atomic E-state index is -4.77. The average Bonchev–Trinajstić information content (AvgIpc) is 3.45. The summed E-state index contributed by atoms with van der Waals surface area (Å²) < 4.78 is 80.9. The van der Waals surface area contributed by atoms with Gasteiger partial charge in [0.25, 0.3) is 11.6 Å². The number of benzene rings is 3. The highest BCUT2D eigenvalue weighted by atomic mass is 32.2. The summed E-state index contributed by atoms with van der Waals surface area (Å²) in [7, 11) is -3.48. The van der Waals surface area contributed by atoms with Gasteiger partial charge in [-0.2, -0.15) is 21.6 Å². The summed E-state index contributed by atoms with van der Waals surface area (Å²) >= 11 is 0. The van der Waals surface area contributed by atoms with Gasteiger partial charge in [-0.15, -0.1) is 0 Å². The monoisotopic (exact) mass is 590 g/mol. The zero-order valence-corrected chi connectivity index (χ0v) is 22.0. The number of carbonyl (C=O) groups excluding carboxylic acids is 1. The van der Waals surface area contributed by atoms with Crippen LogP contribution in [-0.2, 0) is 29.4 Å². The summed E-state index contributed by atoms with van der Waals surface area (Å²) in [6.45, 7) is -0.175. The largest absolute Gasteiger partial charge is 0.493 e. The third-order valence-electron chi connectivity index (χ3n) is 5.77. The Balaban J connectivity index is 1.66. The molecule has 1 aromatic heterocycles. The molecule has 0 aliphatic heterocycles. The number of nitrogens with zero attached hydrogens (tertiary/aromatic N) is 2. The Hall–Kier alpha value is -4.85. The molecule has 0 aliphatic rings. The van der Waals surface area contributed by atoms with Gasteiger partial charge in [-0.1, -0.05) is 18.2 Å². The van der Waals surface area contributed by atoms with Crippen molar-refractivity contribution in [1.82, 2.24) is 4.90 Å². The molecule has 0 radical (unpaired) electrons. The highest BCUT2D eigenvalue weighted by molar-refractivity contribution is 7.87. The highest BCUT2D eigenvalue weighted by Crippen LogP contribution is 2.34. The molecule has 0 bridgehead atoms. The van der Waals surface area contributed by atoms with Crippen molar-refractivity contribution in [3.63, 3.8) is 0 Å². The molecule has 0 N–H and O–H groups in total. The molecule has 10 nitrogen and oxygen atoms in total. The Morgan fingerprint density at radius 3 is 2.39 bits per heavy atom. The summed E-state index contributed by atoms with van der Waals surface area (Å²) in [6, 6.07) is 15.6. The first-order chi connectivity index (χ1) is 19.4. The van der Waals surface area contributed by atoms with E-state index < -0.39 is 37.6 Å². The second kappa shape index (κ2) is 11.7. The Morgan fingerprint density at radius 1 is 0.976 bits per heavy atom. The van der Waals surface area contributed by atoms with Crippen molar-refractivity contribution >= 4 is 21.7 Å². The molecule has 0 atom stereocenters. The minimum absolute atomic E-state index is 0.0304. The molecular weight excluding hydrogens is 569 g/mol. The molecule has 0 fully saturated rings. The molecule has 3 aromatic carbocycles. The third kappa shape index (κ3) is 7.03. The molecule has 0 unspecified atom stereocenters. The first-order valence-electron chi connectivity index (χ1n) is 11.7. The Kier molecular flexibility index (Phi) is 8.33. The fraction of sp³-hybridized carbons (Fsp3) is 0.148. The Bertz CT molecular complexity index is 1670. The quantitative estimate of drug-likeness (QED) is 0.128. The molecule has 4 aromatic rings. The number of nitro groups is 1. The van der Waals surface area contributed by atoms with Crippen LogP contribution in [0.15, 0.2) is 94.4 Å². The first kappa shape index (κ1) is 29.1. The van der Waals surface area contributed by atoms with Crippen molar-refractivity contribution < 1.29 is 44.6 Å². The van der Waals surface area contributed by atoms with Gasteiger partial charge in [0.2, 0.25) is 0 Å². The number of ether oxygens (including phenoxy) is 1. The lowest BCUT2D eigenvalue weighted by Gasteiger charge is -2.22. The molecule has 0 aliphatic carbocycles. The molecule has 41 heavy (non-hydrogen) atoms. The van der Waals surface area contributed by atoms with Crippen LogP contribution in [0.25, 0.3) is 0 Å². The number of carbonyl (C=O) groups is 1. The predicted molar refractivity (Wildman–Crippen MR) is 138 cm³/mol. The Morgan fingerprint density at radius 2 is 1.73 bits per heavy atom. The van der Waals surface area contributed by atoms with Gasteiger partial charge in [-0.25, -0.2) is 0 Å². The molecule has 214 valence electrons. The van der Waals surface area contributed by atoms with Gasteiger partial charge in [-0.3, -0.25) is 14.9 Å². The number of non-ortho nitro benzene ring substituents is 1. The van der Waals surface area contributed by atoms with E-state index in [2.05, 4.69) is 0 Å². The van der Waals surface area contributed by atoms with E-state index in [1.165, 1.54) is 54.7 Å². The first-order valence-corrected chi connectivity index (χ1v) is 13.1. The number of alkyl halides is 3. The van der Waals surface area contributed by atoms with E-state index in [0.717, 1.165) is 24.3 Å². The van der Waals surface area contributed by atoms with Crippen molar-refractivity contribution in [2.75, 3.05) is 7.11 Å². The van der Waals surface area contributed by atoms with Crippen molar-refractivity contribution in [1.29, 1.82) is 0 Å². The van der Waals surface area contributed by atoms with E-state index in [1.54, 1.807) is 12.1 Å². The fourth-order valence-corrected chi connectivity index (χ4v) is 4.80. The van der Waals surface area contributed by atoms with Crippen molar-refractivity contribution in [3.05, 3.63) is 118 Å². The summed E-state index contributed by atoms with van der Waals surface area (Å²) in [5, 5.41) is 11.2. The maximum absolute atomic E-state index is 13.4. The summed E-state index contributed by atoms with van der Waals surface area (Å²) in [6.07, 6.45) is -3.37. The fourth-order valence-electron chi connectivity index (χ4n) is 3.82. The van der Waals surface area contributed by atoms with E-state index in [4.69, 9.17) is 13.3 Å². The number of halogens is 3. The van der Waals surface area contributed by atoms with Crippen LogP contribution in [0.5, 0.6) is 11.5 Å². The van der Waals surface area contributed by atoms with Crippen LogP contribution >= 0.6 is 0 Å². The predicted octanol–water partition coefficient (Wildman–Crippen LogP) is 5.83. The van der Waals surface area contributed by atoms with Gasteiger partial charge in [-0.05, 0) is 54.1 Å². The maximum atomic E-state index is 13.4. The molecule has 0 saturated heterocycles. The van der Waals surface area contributed by atoms with Crippen LogP contribution in [0.3, 0.4) is 0 Å². The molecular formula is C27H21F3N2O8S. The van der Waals surface area contributed by atoms with Crippen molar-refractivity contribution in [2.45, 2.75) is 24.2 Å². The number of hydrogen-bond donors (Lipinski definition) is 0. The zero-order chi connectivity index (χ0) is 29.8. The highest BCUT2D eigenvalue weighted by Gasteiger charge is 2.32. The van der Waals surface area contributed by atoms with Gasteiger partial charge < -0.3 is 18.2 Å². The van der Waals surface area contributed by atoms with Gasteiger partial charge in [0.05, 0.1) is 30.4 Å². The van der Waals surface area contributed by atoms with Gasteiger partial charge in [0.15, 0.2) is 11.5 Å². The van der Waals surface area contributed by atoms with E-state index in [1.807, 2.05) is 0 Å². The number of rotatable bonds is 10.